The fourth-order valence-electron chi connectivity index (χ4n) is 5.17. The van der Waals surface area contributed by atoms with E-state index in [1.807, 2.05) is 54.4 Å². The molecule has 3 nitrogen and oxygen atoms in total. The average Bonchev–Trinajstić information content (AvgIpc) is 2.90. The lowest BCUT2D eigenvalue weighted by molar-refractivity contribution is -0.129. The number of hydrogen-bond donors (Lipinski definition) is 0. The second-order valence-electron chi connectivity index (χ2n) is 10.1. The number of halogens is 2. The molecule has 0 bridgehead atoms. The molecule has 36 heavy (non-hydrogen) atoms. The van der Waals surface area contributed by atoms with Gasteiger partial charge in [0.25, 0.3) is 0 Å². The molecule has 1 amide bonds. The van der Waals surface area contributed by atoms with Crippen LogP contribution >= 0.6 is 23.2 Å². The number of piperidine rings is 1. The summed E-state index contributed by atoms with van der Waals surface area (Å²) in [6, 6.07) is 26.7. The van der Waals surface area contributed by atoms with Crippen LogP contribution < -0.4 is 0 Å². The van der Waals surface area contributed by atoms with Crippen LogP contribution in [0.15, 0.2) is 78.9 Å². The van der Waals surface area contributed by atoms with Crippen molar-refractivity contribution in [1.82, 2.24) is 9.80 Å². The van der Waals surface area contributed by atoms with Crippen molar-refractivity contribution in [2.75, 3.05) is 33.2 Å². The Morgan fingerprint density at radius 3 is 2.19 bits per heavy atom. The monoisotopic (exact) mass is 522 g/mol. The zero-order valence-electron chi connectivity index (χ0n) is 21.1. The minimum absolute atomic E-state index is 0.132. The molecule has 1 fully saturated rings. The summed E-state index contributed by atoms with van der Waals surface area (Å²) in [6.07, 6.45) is 5.04. The predicted octanol–water partition coefficient (Wildman–Crippen LogP) is 7.12. The van der Waals surface area contributed by atoms with E-state index in [2.05, 4.69) is 41.3 Å². The highest BCUT2D eigenvalue weighted by molar-refractivity contribution is 6.42. The zero-order chi connectivity index (χ0) is 25.3. The number of carbonyl (C=O) groups excluding carboxylic acids is 1. The second kappa shape index (κ2) is 13.3. The molecule has 1 saturated heterocycles. The number of likely N-dealkylation sites (N-methyl/N-ethyl adjacent to an activating group) is 1. The molecule has 1 atom stereocenters. The van der Waals surface area contributed by atoms with E-state index in [4.69, 9.17) is 23.2 Å². The first kappa shape index (κ1) is 26.7. The lowest BCUT2D eigenvalue weighted by Gasteiger charge is -2.33. The van der Waals surface area contributed by atoms with Gasteiger partial charge in [-0.2, -0.15) is 0 Å². The summed E-state index contributed by atoms with van der Waals surface area (Å²) in [4.78, 5) is 17.4. The highest BCUT2D eigenvalue weighted by Gasteiger charge is 2.23. The lowest BCUT2D eigenvalue weighted by atomic mass is 9.89. The van der Waals surface area contributed by atoms with E-state index in [1.54, 1.807) is 0 Å². The Labute approximate surface area is 226 Å². The Morgan fingerprint density at radius 2 is 1.56 bits per heavy atom. The summed E-state index contributed by atoms with van der Waals surface area (Å²) in [5, 5.41) is 1.13. The van der Waals surface area contributed by atoms with E-state index in [9.17, 15) is 4.79 Å². The van der Waals surface area contributed by atoms with E-state index in [-0.39, 0.29) is 11.8 Å². The highest BCUT2D eigenvalue weighted by Crippen LogP contribution is 2.30. The van der Waals surface area contributed by atoms with Crippen LogP contribution in [0.5, 0.6) is 0 Å². The number of nitrogens with zero attached hydrogens (tertiary/aromatic N) is 2. The number of carbonyl (C=O) groups is 1. The maximum atomic E-state index is 13.0. The van der Waals surface area contributed by atoms with Gasteiger partial charge < -0.3 is 9.80 Å². The van der Waals surface area contributed by atoms with Gasteiger partial charge in [-0.1, -0.05) is 89.9 Å². The molecule has 0 spiro atoms. The maximum Gasteiger partial charge on any atom is 0.226 e. The molecule has 3 aromatic carbocycles. The summed E-state index contributed by atoms with van der Waals surface area (Å²) >= 11 is 12.6. The SMILES string of the molecule is CN(CC(CCN1CCC(Cc2ccccc2)CC1)c1ccc(Cl)c(Cl)c1)C(=O)Cc1ccccc1. The first-order valence-corrected chi connectivity index (χ1v) is 13.7. The van der Waals surface area contributed by atoms with Crippen LogP contribution in [0.1, 0.15) is 41.9 Å². The summed E-state index contributed by atoms with van der Waals surface area (Å²) < 4.78 is 0. The van der Waals surface area contributed by atoms with Gasteiger partial charge in [-0.3, -0.25) is 4.79 Å². The molecule has 190 valence electrons. The second-order valence-corrected chi connectivity index (χ2v) is 10.9. The molecule has 0 N–H and O–H groups in total. The molecule has 0 aliphatic carbocycles. The molecule has 1 aliphatic rings. The molecular weight excluding hydrogens is 487 g/mol. The average molecular weight is 524 g/mol. The third kappa shape index (κ3) is 7.83. The quantitative estimate of drug-likeness (QED) is 0.282. The molecule has 5 heteroatoms. The van der Waals surface area contributed by atoms with E-state index in [1.165, 1.54) is 24.8 Å². The first-order valence-electron chi connectivity index (χ1n) is 13.0. The number of benzene rings is 3. The van der Waals surface area contributed by atoms with E-state index >= 15 is 0 Å². The lowest BCUT2D eigenvalue weighted by Crippen LogP contribution is -2.37. The molecule has 0 radical (unpaired) electrons. The third-order valence-corrected chi connectivity index (χ3v) is 8.14. The van der Waals surface area contributed by atoms with Crippen molar-refractivity contribution in [3.05, 3.63) is 106 Å². The Bertz CT molecular complexity index is 1100. The number of rotatable bonds is 10. The van der Waals surface area contributed by atoms with Crippen LogP contribution in [0.25, 0.3) is 0 Å². The van der Waals surface area contributed by atoms with Gasteiger partial charge in [0, 0.05) is 19.5 Å². The maximum absolute atomic E-state index is 13.0. The Balaban J connectivity index is 1.34. The fraction of sp³-hybridized carbons (Fsp3) is 0.387. The Hall–Kier alpha value is -2.33. The van der Waals surface area contributed by atoms with Gasteiger partial charge in [-0.25, -0.2) is 0 Å². The van der Waals surface area contributed by atoms with Crippen LogP contribution in [0.4, 0.5) is 0 Å². The van der Waals surface area contributed by atoms with Crippen molar-refractivity contribution in [3.63, 3.8) is 0 Å². The predicted molar refractivity (Wildman–Crippen MR) is 151 cm³/mol. The molecule has 0 aromatic heterocycles. The summed E-state index contributed by atoms with van der Waals surface area (Å²) in [6.45, 7) is 3.94. The Kier molecular flexibility index (Phi) is 9.86. The van der Waals surface area contributed by atoms with Gasteiger partial charge in [0.15, 0.2) is 0 Å². The molecule has 1 unspecified atom stereocenters. The third-order valence-electron chi connectivity index (χ3n) is 7.40. The normalized spacial score (nSPS) is 15.5. The van der Waals surface area contributed by atoms with E-state index in [0.29, 0.717) is 23.0 Å². The standard InChI is InChI=1S/C31H36Cl2N2O/c1-34(31(36)21-25-10-6-3-7-11-25)23-28(27-12-13-29(32)30(33)22-27)16-19-35-17-14-26(15-18-35)20-24-8-4-2-5-9-24/h2-13,22,26,28H,14-21,23H2,1H3. The van der Waals surface area contributed by atoms with Crippen LogP contribution in [0.3, 0.4) is 0 Å². The minimum Gasteiger partial charge on any atom is -0.345 e. The van der Waals surface area contributed by atoms with Gasteiger partial charge in [0.2, 0.25) is 5.91 Å². The fourth-order valence-corrected chi connectivity index (χ4v) is 5.47. The topological polar surface area (TPSA) is 23.6 Å². The van der Waals surface area contributed by atoms with Crippen LogP contribution in [0.2, 0.25) is 10.0 Å². The molecule has 0 saturated carbocycles. The molecule has 4 rings (SSSR count). The zero-order valence-corrected chi connectivity index (χ0v) is 22.6. The van der Waals surface area contributed by atoms with Crippen LogP contribution in [-0.4, -0.2) is 48.9 Å². The summed E-state index contributed by atoms with van der Waals surface area (Å²) in [7, 11) is 1.91. The minimum atomic E-state index is 0.132. The number of likely N-dealkylation sites (tertiary alicyclic amines) is 1. The van der Waals surface area contributed by atoms with Crippen molar-refractivity contribution in [3.8, 4) is 0 Å². The van der Waals surface area contributed by atoms with E-state index < -0.39 is 0 Å². The van der Waals surface area contributed by atoms with Gasteiger partial charge in [-0.15, -0.1) is 0 Å². The molecule has 1 aliphatic heterocycles. The highest BCUT2D eigenvalue weighted by atomic mass is 35.5. The Morgan fingerprint density at radius 1 is 0.917 bits per heavy atom. The molecule has 1 heterocycles. The summed E-state index contributed by atoms with van der Waals surface area (Å²) in [5.41, 5.74) is 3.63. The van der Waals surface area contributed by atoms with Gasteiger partial charge in [0.1, 0.15) is 0 Å². The van der Waals surface area contributed by atoms with Crippen LogP contribution in [0, 0.1) is 5.92 Å². The largest absolute Gasteiger partial charge is 0.345 e. The molecular formula is C31H36Cl2N2O. The van der Waals surface area contributed by atoms with Crippen molar-refractivity contribution in [2.24, 2.45) is 5.92 Å². The number of amides is 1. The van der Waals surface area contributed by atoms with Gasteiger partial charge >= 0.3 is 0 Å². The van der Waals surface area contributed by atoms with Crippen LogP contribution in [-0.2, 0) is 17.6 Å². The van der Waals surface area contributed by atoms with Crippen molar-refractivity contribution in [2.45, 2.75) is 38.0 Å². The van der Waals surface area contributed by atoms with Crippen molar-refractivity contribution >= 4 is 29.1 Å². The smallest absolute Gasteiger partial charge is 0.226 e. The van der Waals surface area contributed by atoms with Crippen molar-refractivity contribution < 1.29 is 4.79 Å². The van der Waals surface area contributed by atoms with Gasteiger partial charge in [-0.05, 0) is 80.1 Å². The molecule has 3 aromatic rings. The summed E-state index contributed by atoms with van der Waals surface area (Å²) in [5.74, 6) is 1.09. The first-order chi connectivity index (χ1) is 17.5. The van der Waals surface area contributed by atoms with E-state index in [0.717, 1.165) is 43.1 Å². The number of hydrogen-bond acceptors (Lipinski definition) is 2. The van der Waals surface area contributed by atoms with Crippen molar-refractivity contribution in [1.29, 1.82) is 0 Å². The van der Waals surface area contributed by atoms with Gasteiger partial charge in [0.05, 0.1) is 16.5 Å².